The van der Waals surface area contributed by atoms with Gasteiger partial charge in [0.25, 0.3) is 5.91 Å². The minimum atomic E-state index is -0.103. The zero-order chi connectivity index (χ0) is 17.7. The SMILES string of the molecule is CCc1c(C)sc(N)c1C(=O)NCCc1ccc(OC)c(OC)c1. The lowest BCUT2D eigenvalue weighted by Crippen LogP contribution is -2.26. The van der Waals surface area contributed by atoms with Crippen molar-refractivity contribution in [3.8, 4) is 11.5 Å². The molecule has 0 atom stereocenters. The van der Waals surface area contributed by atoms with Crippen LogP contribution in [0.1, 0.15) is 33.3 Å². The third-order valence-electron chi connectivity index (χ3n) is 3.96. The highest BCUT2D eigenvalue weighted by molar-refractivity contribution is 7.16. The fourth-order valence-corrected chi connectivity index (χ4v) is 3.74. The molecule has 0 saturated heterocycles. The van der Waals surface area contributed by atoms with Gasteiger partial charge >= 0.3 is 0 Å². The summed E-state index contributed by atoms with van der Waals surface area (Å²) in [4.78, 5) is 13.6. The molecule has 130 valence electrons. The van der Waals surface area contributed by atoms with E-state index in [0.717, 1.165) is 22.4 Å². The highest BCUT2D eigenvalue weighted by Crippen LogP contribution is 2.31. The number of hydrogen-bond acceptors (Lipinski definition) is 5. The number of amides is 1. The zero-order valence-electron chi connectivity index (χ0n) is 14.6. The average molecular weight is 348 g/mol. The van der Waals surface area contributed by atoms with Gasteiger partial charge in [-0.3, -0.25) is 4.79 Å². The number of anilines is 1. The van der Waals surface area contributed by atoms with Gasteiger partial charge in [0, 0.05) is 11.4 Å². The van der Waals surface area contributed by atoms with Crippen LogP contribution in [0.4, 0.5) is 5.00 Å². The van der Waals surface area contributed by atoms with Crippen molar-refractivity contribution >= 4 is 22.2 Å². The first-order valence-corrected chi connectivity index (χ1v) is 8.70. The fourth-order valence-electron chi connectivity index (χ4n) is 2.72. The van der Waals surface area contributed by atoms with Gasteiger partial charge in [-0.25, -0.2) is 0 Å². The van der Waals surface area contributed by atoms with Gasteiger partial charge in [0.2, 0.25) is 0 Å². The van der Waals surface area contributed by atoms with Crippen molar-refractivity contribution in [1.29, 1.82) is 0 Å². The Kier molecular flexibility index (Phi) is 6.09. The first-order valence-electron chi connectivity index (χ1n) is 7.88. The summed E-state index contributed by atoms with van der Waals surface area (Å²) in [6.07, 6.45) is 1.51. The fraction of sp³-hybridized carbons (Fsp3) is 0.389. The van der Waals surface area contributed by atoms with E-state index in [2.05, 4.69) is 5.32 Å². The number of benzene rings is 1. The van der Waals surface area contributed by atoms with Crippen LogP contribution >= 0.6 is 11.3 Å². The highest BCUT2D eigenvalue weighted by Gasteiger charge is 2.18. The van der Waals surface area contributed by atoms with E-state index >= 15 is 0 Å². The van der Waals surface area contributed by atoms with Crippen LogP contribution in [0.25, 0.3) is 0 Å². The van der Waals surface area contributed by atoms with Gasteiger partial charge < -0.3 is 20.5 Å². The highest BCUT2D eigenvalue weighted by atomic mass is 32.1. The van der Waals surface area contributed by atoms with Crippen molar-refractivity contribution in [2.24, 2.45) is 0 Å². The van der Waals surface area contributed by atoms with E-state index in [9.17, 15) is 4.79 Å². The number of carbonyl (C=O) groups excluding carboxylic acids is 1. The Balaban J connectivity index is 2.01. The molecule has 0 bridgehead atoms. The van der Waals surface area contributed by atoms with E-state index in [0.29, 0.717) is 35.0 Å². The second-order valence-corrected chi connectivity index (χ2v) is 6.68. The van der Waals surface area contributed by atoms with E-state index in [4.69, 9.17) is 15.2 Å². The molecule has 0 aliphatic heterocycles. The summed E-state index contributed by atoms with van der Waals surface area (Å²) in [5, 5.41) is 3.55. The molecule has 1 amide bonds. The molecule has 0 unspecified atom stereocenters. The average Bonchev–Trinajstić information content (AvgIpc) is 2.87. The number of rotatable bonds is 7. The lowest BCUT2D eigenvalue weighted by atomic mass is 10.1. The van der Waals surface area contributed by atoms with E-state index in [-0.39, 0.29) is 5.91 Å². The monoisotopic (exact) mass is 348 g/mol. The van der Waals surface area contributed by atoms with Gasteiger partial charge in [0.05, 0.1) is 24.8 Å². The van der Waals surface area contributed by atoms with Crippen LogP contribution in [0.3, 0.4) is 0 Å². The quantitative estimate of drug-likeness (QED) is 0.806. The van der Waals surface area contributed by atoms with Gasteiger partial charge in [0.1, 0.15) is 0 Å². The standard InChI is InChI=1S/C18H24N2O3S/c1-5-13-11(2)24-17(19)16(13)18(21)20-9-8-12-6-7-14(22-3)15(10-12)23-4/h6-7,10H,5,8-9,19H2,1-4H3,(H,20,21). The molecule has 3 N–H and O–H groups in total. The van der Waals surface area contributed by atoms with Crippen LogP contribution in [-0.2, 0) is 12.8 Å². The van der Waals surface area contributed by atoms with Gasteiger partial charge in [-0.05, 0) is 43.0 Å². The topological polar surface area (TPSA) is 73.6 Å². The number of hydrogen-bond donors (Lipinski definition) is 2. The number of aryl methyl sites for hydroxylation is 1. The summed E-state index contributed by atoms with van der Waals surface area (Å²) in [7, 11) is 3.22. The molecule has 1 heterocycles. The largest absolute Gasteiger partial charge is 0.493 e. The summed E-state index contributed by atoms with van der Waals surface area (Å²) in [5.41, 5.74) is 8.74. The number of thiophene rings is 1. The molecule has 0 radical (unpaired) electrons. The van der Waals surface area contributed by atoms with Gasteiger partial charge in [-0.2, -0.15) is 0 Å². The second-order valence-electron chi connectivity index (χ2n) is 5.42. The molecule has 6 heteroatoms. The van der Waals surface area contributed by atoms with Crippen LogP contribution in [-0.4, -0.2) is 26.7 Å². The predicted octanol–water partition coefficient (Wildman–Crippen LogP) is 3.19. The maximum Gasteiger partial charge on any atom is 0.254 e. The van der Waals surface area contributed by atoms with Gasteiger partial charge in [-0.1, -0.05) is 13.0 Å². The molecule has 0 aliphatic carbocycles. The molecule has 1 aromatic heterocycles. The predicted molar refractivity (Wildman–Crippen MR) is 98.4 cm³/mol. The number of methoxy groups -OCH3 is 2. The zero-order valence-corrected chi connectivity index (χ0v) is 15.4. The molecule has 2 aromatic rings. The van der Waals surface area contributed by atoms with Crippen LogP contribution in [0.5, 0.6) is 11.5 Å². The van der Waals surface area contributed by atoms with Crippen molar-refractivity contribution in [2.45, 2.75) is 26.7 Å². The Hall–Kier alpha value is -2.21. The van der Waals surface area contributed by atoms with Crippen LogP contribution in [0.2, 0.25) is 0 Å². The number of nitrogens with one attached hydrogen (secondary N) is 1. The lowest BCUT2D eigenvalue weighted by Gasteiger charge is -2.10. The summed E-state index contributed by atoms with van der Waals surface area (Å²) in [6.45, 7) is 4.57. The maximum atomic E-state index is 12.4. The third kappa shape index (κ3) is 3.82. The smallest absolute Gasteiger partial charge is 0.254 e. The maximum absolute atomic E-state index is 12.4. The van der Waals surface area contributed by atoms with Crippen molar-refractivity contribution < 1.29 is 14.3 Å². The molecule has 1 aromatic carbocycles. The number of nitrogens with two attached hydrogens (primary N) is 1. The first kappa shape index (κ1) is 18.1. The van der Waals surface area contributed by atoms with E-state index in [1.54, 1.807) is 14.2 Å². The van der Waals surface area contributed by atoms with Gasteiger partial charge in [-0.15, -0.1) is 11.3 Å². The molecular formula is C18H24N2O3S. The molecule has 0 saturated carbocycles. The Morgan fingerprint density at radius 1 is 1.25 bits per heavy atom. The summed E-state index contributed by atoms with van der Waals surface area (Å²) in [6, 6.07) is 5.76. The molecule has 5 nitrogen and oxygen atoms in total. The Labute approximate surface area is 146 Å². The van der Waals surface area contributed by atoms with E-state index < -0.39 is 0 Å². The molecule has 2 rings (SSSR count). The Bertz CT molecular complexity index is 725. The summed E-state index contributed by atoms with van der Waals surface area (Å²) < 4.78 is 10.5. The van der Waals surface area contributed by atoms with Crippen molar-refractivity contribution in [3.05, 3.63) is 39.8 Å². The third-order valence-corrected chi connectivity index (χ3v) is 4.94. The van der Waals surface area contributed by atoms with E-state index in [1.165, 1.54) is 11.3 Å². The van der Waals surface area contributed by atoms with E-state index in [1.807, 2.05) is 32.0 Å². The number of carbonyl (C=O) groups is 1. The van der Waals surface area contributed by atoms with Crippen LogP contribution in [0, 0.1) is 6.92 Å². The van der Waals surface area contributed by atoms with Gasteiger partial charge in [0.15, 0.2) is 11.5 Å². The summed E-state index contributed by atoms with van der Waals surface area (Å²) in [5.74, 6) is 1.28. The van der Waals surface area contributed by atoms with Crippen molar-refractivity contribution in [3.63, 3.8) is 0 Å². The lowest BCUT2D eigenvalue weighted by molar-refractivity contribution is 0.0954. The minimum Gasteiger partial charge on any atom is -0.493 e. The normalized spacial score (nSPS) is 10.5. The molecule has 24 heavy (non-hydrogen) atoms. The Morgan fingerprint density at radius 2 is 1.96 bits per heavy atom. The van der Waals surface area contributed by atoms with Crippen LogP contribution in [0.15, 0.2) is 18.2 Å². The molecular weight excluding hydrogens is 324 g/mol. The van der Waals surface area contributed by atoms with Crippen LogP contribution < -0.4 is 20.5 Å². The van der Waals surface area contributed by atoms with Crippen molar-refractivity contribution in [1.82, 2.24) is 5.32 Å². The van der Waals surface area contributed by atoms with Crippen molar-refractivity contribution in [2.75, 3.05) is 26.5 Å². The number of nitrogen functional groups attached to an aromatic ring is 1. The molecule has 0 spiro atoms. The minimum absolute atomic E-state index is 0.103. The first-order chi connectivity index (χ1) is 11.5. The molecule has 0 aliphatic rings. The molecule has 0 fully saturated rings. The number of ether oxygens (including phenoxy) is 2. The second kappa shape index (κ2) is 8.06. The summed E-state index contributed by atoms with van der Waals surface area (Å²) >= 11 is 1.47. The Morgan fingerprint density at radius 3 is 2.58 bits per heavy atom.